The molecule has 1 saturated heterocycles. The maximum Gasteiger partial charge on any atom is 0.270 e. The molecule has 1 amide bonds. The highest BCUT2D eigenvalue weighted by Gasteiger charge is 2.24. The first kappa shape index (κ1) is 27.6. The lowest BCUT2D eigenvalue weighted by Gasteiger charge is -2.34. The highest BCUT2D eigenvalue weighted by atomic mass is 16.5. The van der Waals surface area contributed by atoms with E-state index >= 15 is 0 Å². The molecule has 214 valence electrons. The van der Waals surface area contributed by atoms with Gasteiger partial charge in [0.25, 0.3) is 11.5 Å². The van der Waals surface area contributed by atoms with Crippen LogP contribution in [0.3, 0.4) is 0 Å². The molecule has 0 bridgehead atoms. The Kier molecular flexibility index (Phi) is 8.21. The van der Waals surface area contributed by atoms with Gasteiger partial charge in [-0.25, -0.2) is 4.98 Å². The van der Waals surface area contributed by atoms with Crippen LogP contribution in [0.4, 0.5) is 0 Å². The SMILES string of the molecule is CN(Cc1ccc(OCCN2CCN(C(=O)c3cnc4ccccn4c3=O)CC2)cc1)Cc1ccc2ncccc2c1. The number of aromatic nitrogens is 3. The van der Waals surface area contributed by atoms with Gasteiger partial charge in [-0.3, -0.25) is 28.8 Å². The molecular weight excluding hydrogens is 528 g/mol. The van der Waals surface area contributed by atoms with Crippen molar-refractivity contribution in [2.45, 2.75) is 13.1 Å². The smallest absolute Gasteiger partial charge is 0.270 e. The van der Waals surface area contributed by atoms with Crippen LogP contribution in [-0.2, 0) is 13.1 Å². The van der Waals surface area contributed by atoms with Crippen molar-refractivity contribution in [2.75, 3.05) is 46.4 Å². The maximum atomic E-state index is 13.0. The standard InChI is InChI=1S/C33H34N6O3/c1-36(24-26-9-12-30-27(21-26)5-4-13-34-30)23-25-7-10-28(11-8-25)42-20-19-37-15-17-38(18-16-37)32(40)29-22-35-31-6-2-3-14-39(31)33(29)41/h2-14,21-22H,15-20,23-24H2,1H3. The normalized spacial score (nSPS) is 14.1. The monoisotopic (exact) mass is 562 g/mol. The van der Waals surface area contributed by atoms with Crippen LogP contribution < -0.4 is 10.3 Å². The van der Waals surface area contributed by atoms with Crippen LogP contribution >= 0.6 is 0 Å². The Balaban J connectivity index is 0.936. The highest BCUT2D eigenvalue weighted by Crippen LogP contribution is 2.17. The van der Waals surface area contributed by atoms with Crippen molar-refractivity contribution in [3.63, 3.8) is 0 Å². The zero-order valence-electron chi connectivity index (χ0n) is 23.7. The van der Waals surface area contributed by atoms with E-state index in [1.807, 2.05) is 30.5 Å². The third-order valence-electron chi connectivity index (χ3n) is 7.68. The molecule has 4 heterocycles. The number of carbonyl (C=O) groups excluding carboxylic acids is 1. The molecule has 1 aliphatic rings. The summed E-state index contributed by atoms with van der Waals surface area (Å²) in [5.74, 6) is 0.587. The van der Waals surface area contributed by atoms with E-state index in [1.54, 1.807) is 23.2 Å². The van der Waals surface area contributed by atoms with E-state index in [2.05, 4.69) is 63.2 Å². The number of rotatable bonds is 9. The first-order valence-electron chi connectivity index (χ1n) is 14.3. The summed E-state index contributed by atoms with van der Waals surface area (Å²) in [4.78, 5) is 40.8. The predicted molar refractivity (Wildman–Crippen MR) is 163 cm³/mol. The summed E-state index contributed by atoms with van der Waals surface area (Å²) in [6.45, 7) is 5.64. The van der Waals surface area contributed by atoms with E-state index in [1.165, 1.54) is 21.7 Å². The van der Waals surface area contributed by atoms with Crippen LogP contribution in [0.1, 0.15) is 21.5 Å². The van der Waals surface area contributed by atoms with Crippen LogP contribution in [0, 0.1) is 0 Å². The van der Waals surface area contributed by atoms with Gasteiger partial charge >= 0.3 is 0 Å². The van der Waals surface area contributed by atoms with Crippen molar-refractivity contribution in [3.8, 4) is 5.75 Å². The minimum Gasteiger partial charge on any atom is -0.492 e. The minimum absolute atomic E-state index is 0.108. The zero-order chi connectivity index (χ0) is 28.9. The third kappa shape index (κ3) is 6.32. The van der Waals surface area contributed by atoms with E-state index in [4.69, 9.17) is 4.74 Å². The fourth-order valence-corrected chi connectivity index (χ4v) is 5.40. The summed E-state index contributed by atoms with van der Waals surface area (Å²) in [6.07, 6.45) is 4.85. The molecule has 0 radical (unpaired) electrons. The maximum absolute atomic E-state index is 13.0. The Morgan fingerprint density at radius 2 is 1.69 bits per heavy atom. The summed E-state index contributed by atoms with van der Waals surface area (Å²) in [7, 11) is 2.13. The lowest BCUT2D eigenvalue weighted by atomic mass is 10.1. The highest BCUT2D eigenvalue weighted by molar-refractivity contribution is 5.93. The minimum atomic E-state index is -0.332. The van der Waals surface area contributed by atoms with E-state index in [0.717, 1.165) is 49.4 Å². The lowest BCUT2D eigenvalue weighted by Crippen LogP contribution is -2.50. The number of carbonyl (C=O) groups is 1. The van der Waals surface area contributed by atoms with Crippen LogP contribution in [-0.4, -0.2) is 81.4 Å². The number of nitrogens with zero attached hydrogens (tertiary/aromatic N) is 6. The Labute approximate surface area is 244 Å². The lowest BCUT2D eigenvalue weighted by molar-refractivity contribution is 0.0618. The predicted octanol–water partition coefficient (Wildman–Crippen LogP) is 3.71. The summed E-state index contributed by atoms with van der Waals surface area (Å²) >= 11 is 0. The Morgan fingerprint density at radius 3 is 2.52 bits per heavy atom. The van der Waals surface area contributed by atoms with Crippen molar-refractivity contribution in [3.05, 3.63) is 118 Å². The quantitative estimate of drug-likeness (QED) is 0.271. The van der Waals surface area contributed by atoms with Gasteiger partial charge in [0, 0.05) is 69.8 Å². The van der Waals surface area contributed by atoms with Crippen molar-refractivity contribution < 1.29 is 9.53 Å². The van der Waals surface area contributed by atoms with Gasteiger partial charge in [-0.1, -0.05) is 30.3 Å². The molecule has 0 N–H and O–H groups in total. The van der Waals surface area contributed by atoms with Crippen molar-refractivity contribution in [2.24, 2.45) is 0 Å². The second-order valence-electron chi connectivity index (χ2n) is 10.7. The fraction of sp³-hybridized carbons (Fsp3) is 0.273. The third-order valence-corrected chi connectivity index (χ3v) is 7.68. The average Bonchev–Trinajstić information content (AvgIpc) is 3.02. The first-order chi connectivity index (χ1) is 20.5. The van der Waals surface area contributed by atoms with Gasteiger partial charge in [-0.05, 0) is 60.6 Å². The zero-order valence-corrected chi connectivity index (χ0v) is 23.7. The first-order valence-corrected chi connectivity index (χ1v) is 14.3. The van der Waals surface area contributed by atoms with E-state index in [9.17, 15) is 9.59 Å². The second kappa shape index (κ2) is 12.5. The topological polar surface area (TPSA) is 83.3 Å². The molecule has 42 heavy (non-hydrogen) atoms. The Bertz CT molecular complexity index is 1750. The number of hydrogen-bond donors (Lipinski definition) is 0. The van der Waals surface area contributed by atoms with Crippen molar-refractivity contribution in [1.82, 2.24) is 29.1 Å². The Morgan fingerprint density at radius 1 is 0.905 bits per heavy atom. The van der Waals surface area contributed by atoms with Crippen molar-refractivity contribution in [1.29, 1.82) is 0 Å². The summed E-state index contributed by atoms with van der Waals surface area (Å²) in [5.41, 5.74) is 3.82. The van der Waals surface area contributed by atoms with Gasteiger partial charge in [-0.15, -0.1) is 0 Å². The molecule has 9 nitrogen and oxygen atoms in total. The molecular formula is C33H34N6O3. The van der Waals surface area contributed by atoms with Gasteiger partial charge < -0.3 is 9.64 Å². The van der Waals surface area contributed by atoms with E-state index in [0.29, 0.717) is 25.3 Å². The number of hydrogen-bond acceptors (Lipinski definition) is 7. The van der Waals surface area contributed by atoms with Crippen molar-refractivity contribution >= 4 is 22.5 Å². The number of piperazine rings is 1. The Hall–Kier alpha value is -4.60. The summed E-state index contributed by atoms with van der Waals surface area (Å²) in [6, 6.07) is 24.1. The molecule has 2 aromatic carbocycles. The van der Waals surface area contributed by atoms with Gasteiger partial charge in [-0.2, -0.15) is 0 Å². The largest absolute Gasteiger partial charge is 0.492 e. The van der Waals surface area contributed by atoms with E-state index in [-0.39, 0.29) is 17.0 Å². The number of benzene rings is 2. The van der Waals surface area contributed by atoms with Gasteiger partial charge in [0.05, 0.1) is 5.52 Å². The van der Waals surface area contributed by atoms with Gasteiger partial charge in [0.2, 0.25) is 0 Å². The van der Waals surface area contributed by atoms with Gasteiger partial charge in [0.15, 0.2) is 0 Å². The molecule has 0 spiro atoms. The molecule has 0 saturated carbocycles. The number of ether oxygens (including phenoxy) is 1. The molecule has 9 heteroatoms. The summed E-state index contributed by atoms with van der Waals surface area (Å²) in [5, 5.41) is 1.16. The van der Waals surface area contributed by atoms with Crippen LogP contribution in [0.15, 0.2) is 96.2 Å². The molecule has 3 aromatic heterocycles. The fourth-order valence-electron chi connectivity index (χ4n) is 5.40. The molecule has 0 aliphatic carbocycles. The van der Waals surface area contributed by atoms with Crippen LogP contribution in [0.2, 0.25) is 0 Å². The molecule has 1 aliphatic heterocycles. The number of fused-ring (bicyclic) bond motifs is 2. The second-order valence-corrected chi connectivity index (χ2v) is 10.7. The molecule has 1 fully saturated rings. The summed E-state index contributed by atoms with van der Waals surface area (Å²) < 4.78 is 7.42. The molecule has 6 rings (SSSR count). The molecule has 5 aromatic rings. The molecule has 0 atom stereocenters. The number of pyridine rings is 2. The van der Waals surface area contributed by atoms with Gasteiger partial charge in [0.1, 0.15) is 23.6 Å². The van der Waals surface area contributed by atoms with Crippen LogP contribution in [0.5, 0.6) is 5.75 Å². The average molecular weight is 563 g/mol. The number of amides is 1. The van der Waals surface area contributed by atoms with Crippen LogP contribution in [0.25, 0.3) is 16.6 Å². The van der Waals surface area contributed by atoms with E-state index < -0.39 is 0 Å². The molecule has 0 unspecified atom stereocenters.